The topological polar surface area (TPSA) is 69.0 Å². The molecule has 0 aliphatic carbocycles. The molecule has 3 aromatic rings. The second-order valence-electron chi connectivity index (χ2n) is 6.89. The lowest BCUT2D eigenvalue weighted by Crippen LogP contribution is -2.15. The number of hydrogen-bond acceptors (Lipinski definition) is 5. The largest absolute Gasteiger partial charge is 0.482 e. The Kier molecular flexibility index (Phi) is 7.44. The van der Waals surface area contributed by atoms with E-state index in [-0.39, 0.29) is 17.8 Å². The van der Waals surface area contributed by atoms with Crippen molar-refractivity contribution in [3.63, 3.8) is 0 Å². The van der Waals surface area contributed by atoms with E-state index in [2.05, 4.69) is 37.5 Å². The van der Waals surface area contributed by atoms with Gasteiger partial charge in [-0.2, -0.15) is 0 Å². The van der Waals surface area contributed by atoms with Crippen molar-refractivity contribution in [2.75, 3.05) is 11.1 Å². The minimum Gasteiger partial charge on any atom is -0.482 e. The minimum atomic E-state index is -0.284. The highest BCUT2D eigenvalue weighted by Crippen LogP contribution is 2.28. The molecule has 1 unspecified atom stereocenters. The highest BCUT2D eigenvalue weighted by molar-refractivity contribution is 9.10. The van der Waals surface area contributed by atoms with Gasteiger partial charge in [-0.3, -0.25) is 4.79 Å². The fraction of sp³-hybridized carbons (Fsp3) is 0.286. The molecule has 0 saturated carbocycles. The number of aryl methyl sites for hydroxylation is 2. The first kappa shape index (κ1) is 22.7. The van der Waals surface area contributed by atoms with Crippen molar-refractivity contribution in [3.8, 4) is 5.75 Å². The highest BCUT2D eigenvalue weighted by Gasteiger charge is 2.19. The second kappa shape index (κ2) is 9.85. The molecule has 9 heteroatoms. The lowest BCUT2D eigenvalue weighted by Gasteiger charge is -2.16. The number of hydrogen-bond donors (Lipinski definition) is 1. The summed E-state index contributed by atoms with van der Waals surface area (Å²) in [6.45, 7) is 6.00. The summed E-state index contributed by atoms with van der Waals surface area (Å²) in [4.78, 5) is 12.3. The molecular formula is C21H22BrClN4O2S. The molecule has 3 rings (SSSR count). The molecule has 0 fully saturated rings. The molecule has 0 aliphatic heterocycles. The number of carbonyl (C=O) groups is 1. The number of halogens is 2. The van der Waals surface area contributed by atoms with E-state index in [1.165, 1.54) is 17.3 Å². The third-order valence-corrected chi connectivity index (χ3v) is 6.23. The van der Waals surface area contributed by atoms with Gasteiger partial charge in [0.15, 0.2) is 17.1 Å². The van der Waals surface area contributed by atoms with Crippen LogP contribution in [0.15, 0.2) is 46.0 Å². The Labute approximate surface area is 193 Å². The van der Waals surface area contributed by atoms with E-state index in [9.17, 15) is 4.79 Å². The predicted octanol–water partition coefficient (Wildman–Crippen LogP) is 5.72. The Morgan fingerprint density at radius 1 is 1.27 bits per heavy atom. The average molecular weight is 510 g/mol. The smallest absolute Gasteiger partial charge is 0.234 e. The van der Waals surface area contributed by atoms with Gasteiger partial charge >= 0.3 is 0 Å². The Morgan fingerprint density at radius 3 is 2.73 bits per heavy atom. The van der Waals surface area contributed by atoms with Gasteiger partial charge in [0.1, 0.15) is 5.75 Å². The van der Waals surface area contributed by atoms with Crippen molar-refractivity contribution in [3.05, 3.63) is 62.8 Å². The van der Waals surface area contributed by atoms with E-state index in [1.807, 2.05) is 50.6 Å². The molecule has 0 radical (unpaired) electrons. The molecule has 0 bridgehead atoms. The zero-order valence-electron chi connectivity index (χ0n) is 17.1. The maximum atomic E-state index is 12.3. The maximum Gasteiger partial charge on any atom is 0.234 e. The molecule has 1 atom stereocenters. The van der Waals surface area contributed by atoms with Crippen LogP contribution in [0.5, 0.6) is 5.75 Å². The molecule has 1 N–H and O–H groups in total. The number of anilines is 1. The number of amides is 1. The first-order valence-electron chi connectivity index (χ1n) is 9.25. The lowest BCUT2D eigenvalue weighted by molar-refractivity contribution is -0.113. The van der Waals surface area contributed by atoms with Gasteiger partial charge < -0.3 is 14.6 Å². The van der Waals surface area contributed by atoms with Gasteiger partial charge in [-0.1, -0.05) is 57.0 Å². The number of benzene rings is 2. The van der Waals surface area contributed by atoms with Gasteiger partial charge in [-0.25, -0.2) is 0 Å². The molecule has 30 heavy (non-hydrogen) atoms. The van der Waals surface area contributed by atoms with E-state index in [1.54, 1.807) is 12.1 Å². The van der Waals surface area contributed by atoms with Crippen LogP contribution in [-0.4, -0.2) is 26.4 Å². The van der Waals surface area contributed by atoms with Crippen molar-refractivity contribution in [2.24, 2.45) is 7.05 Å². The molecule has 2 aromatic carbocycles. The molecule has 6 nitrogen and oxygen atoms in total. The first-order valence-corrected chi connectivity index (χ1v) is 11.4. The van der Waals surface area contributed by atoms with Crippen LogP contribution in [0.2, 0.25) is 5.02 Å². The zero-order valence-corrected chi connectivity index (χ0v) is 20.2. The van der Waals surface area contributed by atoms with Crippen LogP contribution in [-0.2, 0) is 11.8 Å². The third kappa shape index (κ3) is 5.56. The summed E-state index contributed by atoms with van der Waals surface area (Å²) < 4.78 is 8.77. The van der Waals surface area contributed by atoms with Crippen LogP contribution in [0, 0.1) is 13.8 Å². The van der Waals surface area contributed by atoms with Crippen LogP contribution in [0.25, 0.3) is 0 Å². The number of ether oxygens (including phenoxy) is 1. The van der Waals surface area contributed by atoms with Gasteiger partial charge in [-0.05, 0) is 50.6 Å². The number of rotatable bonds is 7. The van der Waals surface area contributed by atoms with Gasteiger partial charge in [0.2, 0.25) is 5.91 Å². The summed E-state index contributed by atoms with van der Waals surface area (Å²) >= 11 is 10.8. The Hall–Kier alpha value is -2.03. The van der Waals surface area contributed by atoms with Gasteiger partial charge in [-0.15, -0.1) is 10.2 Å². The van der Waals surface area contributed by atoms with Crippen LogP contribution >= 0.6 is 39.3 Å². The number of nitrogens with one attached hydrogen (secondary N) is 1. The third-order valence-electron chi connectivity index (χ3n) is 4.40. The fourth-order valence-electron chi connectivity index (χ4n) is 2.89. The SMILES string of the molecule is Cc1ccc(OC(C)c2nnc(SCC(=O)Nc3ccc(Br)cc3Cl)n2C)c(C)c1. The maximum absolute atomic E-state index is 12.3. The molecule has 0 spiro atoms. The predicted molar refractivity (Wildman–Crippen MR) is 124 cm³/mol. The van der Waals surface area contributed by atoms with E-state index in [4.69, 9.17) is 16.3 Å². The molecular weight excluding hydrogens is 488 g/mol. The monoisotopic (exact) mass is 508 g/mol. The van der Waals surface area contributed by atoms with Crippen LogP contribution in [0.3, 0.4) is 0 Å². The molecule has 0 aliphatic rings. The van der Waals surface area contributed by atoms with E-state index >= 15 is 0 Å². The number of thioether (sulfide) groups is 1. The van der Waals surface area contributed by atoms with Gasteiger partial charge in [0.25, 0.3) is 0 Å². The molecule has 158 valence electrons. The molecule has 1 aromatic heterocycles. The lowest BCUT2D eigenvalue weighted by atomic mass is 10.1. The van der Waals surface area contributed by atoms with Gasteiger partial charge in [0.05, 0.1) is 16.5 Å². The number of aromatic nitrogens is 3. The van der Waals surface area contributed by atoms with Gasteiger partial charge in [0, 0.05) is 11.5 Å². The normalized spacial score (nSPS) is 11.9. The van der Waals surface area contributed by atoms with E-state index < -0.39 is 0 Å². The van der Waals surface area contributed by atoms with Crippen LogP contribution in [0.1, 0.15) is 30.0 Å². The molecule has 1 heterocycles. The Balaban J connectivity index is 1.61. The average Bonchev–Trinajstić information content (AvgIpc) is 3.05. The van der Waals surface area contributed by atoms with Crippen molar-refractivity contribution < 1.29 is 9.53 Å². The highest BCUT2D eigenvalue weighted by atomic mass is 79.9. The summed E-state index contributed by atoms with van der Waals surface area (Å²) in [5.41, 5.74) is 2.83. The molecule has 1 amide bonds. The Morgan fingerprint density at radius 2 is 2.03 bits per heavy atom. The number of carbonyl (C=O) groups excluding carboxylic acids is 1. The standard InChI is InChI=1S/C21H22BrClN4O2S/c1-12-5-8-18(13(2)9-12)29-14(3)20-25-26-21(27(20)4)30-11-19(28)24-17-7-6-15(22)10-16(17)23/h5-10,14H,11H2,1-4H3,(H,24,28). The minimum absolute atomic E-state index is 0.173. The molecule has 0 saturated heterocycles. The van der Waals surface area contributed by atoms with Crippen LogP contribution < -0.4 is 10.1 Å². The Bertz CT molecular complexity index is 1070. The fourth-order valence-corrected chi connectivity index (χ4v) is 4.33. The van der Waals surface area contributed by atoms with Crippen molar-refractivity contribution in [1.29, 1.82) is 0 Å². The zero-order chi connectivity index (χ0) is 21.8. The van der Waals surface area contributed by atoms with E-state index in [0.717, 1.165) is 15.8 Å². The second-order valence-corrected chi connectivity index (χ2v) is 9.16. The first-order chi connectivity index (χ1) is 14.2. The number of nitrogens with zero attached hydrogens (tertiary/aromatic N) is 3. The van der Waals surface area contributed by atoms with E-state index in [0.29, 0.717) is 21.7 Å². The summed E-state index contributed by atoms with van der Waals surface area (Å²) in [6.07, 6.45) is -0.284. The van der Waals surface area contributed by atoms with Crippen LogP contribution in [0.4, 0.5) is 5.69 Å². The summed E-state index contributed by atoms with van der Waals surface area (Å²) in [6, 6.07) is 11.4. The van der Waals surface area contributed by atoms with Crippen molar-refractivity contribution in [2.45, 2.75) is 32.0 Å². The summed E-state index contributed by atoms with van der Waals surface area (Å²) in [7, 11) is 1.86. The summed E-state index contributed by atoms with van der Waals surface area (Å²) in [5.74, 6) is 1.52. The van der Waals surface area contributed by atoms with Crippen molar-refractivity contribution >= 4 is 50.9 Å². The summed E-state index contributed by atoms with van der Waals surface area (Å²) in [5, 5.41) is 12.4. The van der Waals surface area contributed by atoms with Crippen molar-refractivity contribution in [1.82, 2.24) is 14.8 Å². The quantitative estimate of drug-likeness (QED) is 0.413.